The minimum Gasteiger partial charge on any atom is -0.326 e. The first-order valence-corrected chi connectivity index (χ1v) is 8.03. The number of H-pyrrole nitrogens is 1. The number of aromatic nitrogens is 4. The van der Waals surface area contributed by atoms with Crippen molar-refractivity contribution < 1.29 is 0 Å². The first kappa shape index (κ1) is 14.4. The Labute approximate surface area is 137 Å². The molecule has 1 saturated heterocycles. The van der Waals surface area contributed by atoms with E-state index < -0.39 is 0 Å². The van der Waals surface area contributed by atoms with E-state index in [9.17, 15) is 4.79 Å². The molecule has 0 bridgehead atoms. The summed E-state index contributed by atoms with van der Waals surface area (Å²) in [6.07, 6.45) is 4.01. The van der Waals surface area contributed by atoms with Crippen molar-refractivity contribution in [3.63, 3.8) is 0 Å². The zero-order chi connectivity index (χ0) is 15.8. The molecule has 0 spiro atoms. The minimum absolute atomic E-state index is 0.125. The molecule has 4 rings (SSSR count). The number of hydrogen-bond donors (Lipinski definition) is 2. The Morgan fingerprint density at radius 2 is 2.30 bits per heavy atom. The molecular formula is C16H16ClN5O. The lowest BCUT2D eigenvalue weighted by Gasteiger charge is -2.15. The van der Waals surface area contributed by atoms with Crippen LogP contribution in [0.15, 0.2) is 35.4 Å². The van der Waals surface area contributed by atoms with Gasteiger partial charge < -0.3 is 10.3 Å². The lowest BCUT2D eigenvalue weighted by Crippen LogP contribution is -2.27. The van der Waals surface area contributed by atoms with E-state index in [0.29, 0.717) is 22.8 Å². The number of halogens is 1. The third-order valence-electron chi connectivity index (χ3n) is 4.25. The van der Waals surface area contributed by atoms with Gasteiger partial charge >= 0.3 is 0 Å². The SMILES string of the molecule is O=c1c(Cc2cccc(Cl)c2)c(C2CCCN2)[nH]c2ncnn12. The van der Waals surface area contributed by atoms with Gasteiger partial charge in [0, 0.05) is 28.7 Å². The molecule has 1 atom stereocenters. The van der Waals surface area contributed by atoms with Crippen LogP contribution in [-0.2, 0) is 6.42 Å². The smallest absolute Gasteiger partial charge is 0.279 e. The average Bonchev–Trinajstić information content (AvgIpc) is 3.21. The largest absolute Gasteiger partial charge is 0.326 e. The van der Waals surface area contributed by atoms with Crippen molar-refractivity contribution in [3.8, 4) is 0 Å². The number of nitrogens with one attached hydrogen (secondary N) is 2. The molecule has 3 heterocycles. The van der Waals surface area contributed by atoms with E-state index in [1.165, 1.54) is 10.8 Å². The van der Waals surface area contributed by atoms with Crippen molar-refractivity contribution >= 4 is 17.4 Å². The summed E-state index contributed by atoms with van der Waals surface area (Å²) < 4.78 is 1.32. The molecule has 23 heavy (non-hydrogen) atoms. The maximum atomic E-state index is 12.8. The van der Waals surface area contributed by atoms with E-state index in [1.807, 2.05) is 24.3 Å². The molecular weight excluding hydrogens is 314 g/mol. The fourth-order valence-electron chi connectivity index (χ4n) is 3.16. The minimum atomic E-state index is -0.125. The monoisotopic (exact) mass is 329 g/mol. The van der Waals surface area contributed by atoms with Crippen molar-refractivity contribution in [1.29, 1.82) is 0 Å². The number of nitrogens with zero attached hydrogens (tertiary/aromatic N) is 3. The molecule has 1 aliphatic heterocycles. The normalized spacial score (nSPS) is 17.9. The molecule has 0 saturated carbocycles. The molecule has 7 heteroatoms. The van der Waals surface area contributed by atoms with Crippen LogP contribution < -0.4 is 10.9 Å². The van der Waals surface area contributed by atoms with Crippen LogP contribution in [0.25, 0.3) is 5.78 Å². The lowest BCUT2D eigenvalue weighted by molar-refractivity contribution is 0.615. The van der Waals surface area contributed by atoms with E-state index in [-0.39, 0.29) is 11.6 Å². The van der Waals surface area contributed by atoms with Crippen LogP contribution in [0, 0.1) is 0 Å². The van der Waals surface area contributed by atoms with Gasteiger partial charge in [-0.15, -0.1) is 0 Å². The van der Waals surface area contributed by atoms with Gasteiger partial charge in [0.15, 0.2) is 0 Å². The summed E-state index contributed by atoms with van der Waals surface area (Å²) in [6, 6.07) is 7.74. The van der Waals surface area contributed by atoms with E-state index in [1.54, 1.807) is 0 Å². The van der Waals surface area contributed by atoms with Gasteiger partial charge in [-0.1, -0.05) is 23.7 Å². The molecule has 1 fully saturated rings. The van der Waals surface area contributed by atoms with E-state index in [4.69, 9.17) is 11.6 Å². The first-order valence-electron chi connectivity index (χ1n) is 7.65. The predicted molar refractivity (Wildman–Crippen MR) is 87.8 cm³/mol. The van der Waals surface area contributed by atoms with Crippen LogP contribution in [0.3, 0.4) is 0 Å². The summed E-state index contributed by atoms with van der Waals surface area (Å²) in [5.74, 6) is 0.480. The highest BCUT2D eigenvalue weighted by molar-refractivity contribution is 6.30. The van der Waals surface area contributed by atoms with Crippen LogP contribution in [0.1, 0.15) is 35.7 Å². The topological polar surface area (TPSA) is 75.1 Å². The van der Waals surface area contributed by atoms with Crippen LogP contribution in [-0.4, -0.2) is 26.1 Å². The second-order valence-corrected chi connectivity index (χ2v) is 6.21. The van der Waals surface area contributed by atoms with Gasteiger partial charge in [0.2, 0.25) is 5.78 Å². The van der Waals surface area contributed by atoms with Crippen molar-refractivity contribution in [1.82, 2.24) is 24.9 Å². The van der Waals surface area contributed by atoms with Gasteiger partial charge in [-0.2, -0.15) is 14.6 Å². The first-order chi connectivity index (χ1) is 11.2. The van der Waals surface area contributed by atoms with Crippen LogP contribution in [0.4, 0.5) is 0 Å². The van der Waals surface area contributed by atoms with Gasteiger partial charge in [0.1, 0.15) is 6.33 Å². The highest BCUT2D eigenvalue weighted by atomic mass is 35.5. The van der Waals surface area contributed by atoms with Gasteiger partial charge in [-0.3, -0.25) is 4.79 Å². The maximum absolute atomic E-state index is 12.8. The summed E-state index contributed by atoms with van der Waals surface area (Å²) in [7, 11) is 0. The summed E-state index contributed by atoms with van der Waals surface area (Å²) in [5.41, 5.74) is 2.50. The predicted octanol–water partition coefficient (Wildman–Crippen LogP) is 2.09. The Kier molecular flexibility index (Phi) is 3.63. The Hall–Kier alpha value is -2.18. The number of rotatable bonds is 3. The zero-order valence-electron chi connectivity index (χ0n) is 12.4. The zero-order valence-corrected chi connectivity index (χ0v) is 13.2. The standard InChI is InChI=1S/C16H16ClN5O/c17-11-4-1-3-10(7-11)8-12-14(13-5-2-6-18-13)21-16-19-9-20-22(16)15(12)23/h1,3-4,7,9,13,18H,2,5-6,8H2,(H,19,20,21). The molecule has 118 valence electrons. The highest BCUT2D eigenvalue weighted by Crippen LogP contribution is 2.25. The molecule has 1 aliphatic rings. The van der Waals surface area contributed by atoms with Gasteiger partial charge in [0.25, 0.3) is 5.56 Å². The Morgan fingerprint density at radius 3 is 3.09 bits per heavy atom. The van der Waals surface area contributed by atoms with E-state index in [0.717, 1.165) is 30.6 Å². The summed E-state index contributed by atoms with van der Waals surface area (Å²) >= 11 is 6.07. The highest BCUT2D eigenvalue weighted by Gasteiger charge is 2.23. The molecule has 1 aromatic carbocycles. The van der Waals surface area contributed by atoms with Crippen LogP contribution in [0.2, 0.25) is 5.02 Å². The van der Waals surface area contributed by atoms with Gasteiger partial charge in [-0.25, -0.2) is 0 Å². The Balaban J connectivity index is 1.86. The quantitative estimate of drug-likeness (QED) is 0.771. The van der Waals surface area contributed by atoms with Crippen molar-refractivity contribution in [2.24, 2.45) is 0 Å². The average molecular weight is 330 g/mol. The maximum Gasteiger partial charge on any atom is 0.279 e. The van der Waals surface area contributed by atoms with Gasteiger partial charge in [0.05, 0.1) is 0 Å². The molecule has 2 N–H and O–H groups in total. The molecule has 6 nitrogen and oxygen atoms in total. The van der Waals surface area contributed by atoms with Crippen molar-refractivity contribution in [2.75, 3.05) is 6.54 Å². The number of benzene rings is 1. The fourth-order valence-corrected chi connectivity index (χ4v) is 3.38. The van der Waals surface area contributed by atoms with Gasteiger partial charge in [-0.05, 0) is 37.1 Å². The summed E-state index contributed by atoms with van der Waals surface area (Å²) in [5, 5.41) is 8.13. The molecule has 1 unspecified atom stereocenters. The summed E-state index contributed by atoms with van der Waals surface area (Å²) in [4.78, 5) is 20.2. The molecule has 0 amide bonds. The second kappa shape index (κ2) is 5.79. The van der Waals surface area contributed by atoms with Crippen molar-refractivity contribution in [2.45, 2.75) is 25.3 Å². The number of aromatic amines is 1. The number of hydrogen-bond acceptors (Lipinski definition) is 4. The molecule has 0 aliphatic carbocycles. The Morgan fingerprint density at radius 1 is 1.39 bits per heavy atom. The fraction of sp³-hybridized carbons (Fsp3) is 0.312. The lowest BCUT2D eigenvalue weighted by atomic mass is 10.00. The van der Waals surface area contributed by atoms with E-state index >= 15 is 0 Å². The Bertz CT molecular complexity index is 910. The number of fused-ring (bicyclic) bond motifs is 1. The van der Waals surface area contributed by atoms with Crippen LogP contribution in [0.5, 0.6) is 0 Å². The molecule has 3 aromatic rings. The summed E-state index contributed by atoms with van der Waals surface area (Å²) in [6.45, 7) is 0.959. The molecule has 2 aromatic heterocycles. The van der Waals surface area contributed by atoms with E-state index in [2.05, 4.69) is 20.4 Å². The third kappa shape index (κ3) is 2.64. The van der Waals surface area contributed by atoms with Crippen molar-refractivity contribution in [3.05, 3.63) is 62.8 Å². The second-order valence-electron chi connectivity index (χ2n) is 5.77. The molecule has 0 radical (unpaired) electrons. The van der Waals surface area contributed by atoms with Crippen LogP contribution >= 0.6 is 11.6 Å². The third-order valence-corrected chi connectivity index (χ3v) is 4.48.